The van der Waals surface area contributed by atoms with Gasteiger partial charge in [0.15, 0.2) is 6.10 Å². The molecule has 0 aliphatic rings. The Morgan fingerprint density at radius 2 is 1.38 bits per heavy atom. The fourth-order valence-electron chi connectivity index (χ4n) is 3.02. The molecular weight excluding hydrogens is 521 g/mol. The Balaban J connectivity index is 0.00000153. The van der Waals surface area contributed by atoms with Crippen molar-refractivity contribution in [1.29, 1.82) is 0 Å². The van der Waals surface area contributed by atoms with Crippen molar-refractivity contribution in [3.63, 3.8) is 0 Å². The summed E-state index contributed by atoms with van der Waals surface area (Å²) in [5.41, 5.74) is 0.408. The van der Waals surface area contributed by atoms with Crippen LogP contribution in [0.4, 0.5) is 45.2 Å². The maximum atomic E-state index is 13.1. The van der Waals surface area contributed by atoms with Gasteiger partial charge in [-0.25, -0.2) is 13.2 Å². The van der Waals surface area contributed by atoms with Gasteiger partial charge in [-0.3, -0.25) is 0 Å². The number of alkyl halides is 8. The van der Waals surface area contributed by atoms with Crippen LogP contribution < -0.4 is 14.4 Å². The third kappa shape index (κ3) is 10.5. The van der Waals surface area contributed by atoms with Gasteiger partial charge in [0.25, 0.3) is 0 Å². The molecule has 0 spiro atoms. The van der Waals surface area contributed by atoms with E-state index in [0.29, 0.717) is 0 Å². The zero-order chi connectivity index (χ0) is 27.6. The minimum absolute atomic E-state index is 0.199. The molecule has 0 aliphatic carbocycles. The molecule has 13 heteroatoms. The van der Waals surface area contributed by atoms with Gasteiger partial charge in [-0.05, 0) is 54.1 Å². The normalized spacial score (nSPS) is 12.3. The Bertz CT molecular complexity index is 1110. The molecule has 1 atom stereocenters. The van der Waals surface area contributed by atoms with Crippen molar-refractivity contribution in [1.82, 2.24) is 0 Å². The first kappa shape index (κ1) is 29.6. The first-order chi connectivity index (χ1) is 17.3. The van der Waals surface area contributed by atoms with E-state index in [1.807, 2.05) is 0 Å². The summed E-state index contributed by atoms with van der Waals surface area (Å²) in [6.07, 6.45) is -12.6. The Hall–Kier alpha value is -3.61. The maximum absolute atomic E-state index is 13.1. The average molecular weight is 541 g/mol. The van der Waals surface area contributed by atoms with E-state index in [1.165, 1.54) is 60.7 Å². The van der Waals surface area contributed by atoms with E-state index in [2.05, 4.69) is 4.74 Å². The van der Waals surface area contributed by atoms with E-state index < -0.39 is 43.7 Å². The second kappa shape index (κ2) is 13.1. The molecule has 1 N–H and O–H groups in total. The molecule has 4 nitrogen and oxygen atoms in total. The molecule has 0 bridgehead atoms. The van der Waals surface area contributed by atoms with E-state index >= 15 is 0 Å². The Labute approximate surface area is 205 Å². The zero-order valence-electron chi connectivity index (χ0n) is 18.7. The van der Waals surface area contributed by atoms with Crippen LogP contribution in [0.1, 0.15) is 5.56 Å². The molecule has 0 fully saturated rings. The summed E-state index contributed by atoms with van der Waals surface area (Å²) in [7, 11) is 0. The minimum Gasteiger partial charge on any atom is -0.457 e. The predicted octanol–water partition coefficient (Wildman–Crippen LogP) is 7.33. The molecule has 0 saturated heterocycles. The van der Waals surface area contributed by atoms with Crippen LogP contribution in [-0.2, 0) is 6.54 Å². The SMILES string of the molecule is FCF.OC(CN(Cc1cccc(OC(F)(F)F)c1)c1cccc(Oc2ccc(F)cc2)c1)C(F)(F)F. The molecule has 0 aromatic heterocycles. The minimum atomic E-state index is -4.93. The van der Waals surface area contributed by atoms with Crippen LogP contribution in [0.25, 0.3) is 0 Å². The van der Waals surface area contributed by atoms with Crippen molar-refractivity contribution in [2.45, 2.75) is 25.2 Å². The first-order valence-electron chi connectivity index (χ1n) is 10.3. The topological polar surface area (TPSA) is 41.9 Å². The molecule has 1 unspecified atom stereocenters. The third-order valence-electron chi connectivity index (χ3n) is 4.51. The van der Waals surface area contributed by atoms with Gasteiger partial charge in [0.1, 0.15) is 23.1 Å². The first-order valence-corrected chi connectivity index (χ1v) is 10.3. The lowest BCUT2D eigenvalue weighted by atomic mass is 10.1. The molecule has 0 radical (unpaired) electrons. The number of rotatable bonds is 8. The molecule has 202 valence electrons. The molecule has 0 amide bonds. The van der Waals surface area contributed by atoms with Gasteiger partial charge >= 0.3 is 12.5 Å². The third-order valence-corrected chi connectivity index (χ3v) is 4.51. The van der Waals surface area contributed by atoms with Crippen LogP contribution in [0.2, 0.25) is 0 Å². The molecule has 3 aromatic carbocycles. The molecule has 3 aromatic rings. The van der Waals surface area contributed by atoms with Crippen molar-refractivity contribution in [3.05, 3.63) is 84.2 Å². The summed E-state index contributed by atoms with van der Waals surface area (Å²) in [5.74, 6) is -0.526. The average Bonchev–Trinajstić information content (AvgIpc) is 2.79. The molecule has 0 saturated carbocycles. The number of ether oxygens (including phenoxy) is 2. The van der Waals surface area contributed by atoms with Gasteiger partial charge in [-0.1, -0.05) is 18.2 Å². The predicted molar refractivity (Wildman–Crippen MR) is 116 cm³/mol. The van der Waals surface area contributed by atoms with Crippen LogP contribution >= 0.6 is 0 Å². The van der Waals surface area contributed by atoms with Crippen molar-refractivity contribution in [2.24, 2.45) is 0 Å². The summed E-state index contributed by atoms with van der Waals surface area (Å²) in [6.45, 7) is -2.92. The van der Waals surface area contributed by atoms with Crippen molar-refractivity contribution >= 4 is 5.69 Å². The number of hydrogen-bond acceptors (Lipinski definition) is 4. The van der Waals surface area contributed by atoms with Gasteiger partial charge in [-0.15, -0.1) is 13.2 Å². The van der Waals surface area contributed by atoms with Crippen molar-refractivity contribution < 1.29 is 54.1 Å². The number of aliphatic hydroxyl groups excluding tert-OH is 1. The van der Waals surface area contributed by atoms with Crippen molar-refractivity contribution in [3.8, 4) is 17.2 Å². The van der Waals surface area contributed by atoms with E-state index in [-0.39, 0.29) is 29.3 Å². The second-order valence-corrected chi connectivity index (χ2v) is 7.29. The number of halogens is 9. The molecule has 3 rings (SSSR count). The standard InChI is InChI=1S/C23H18F7NO3.CH2F2/c24-16-7-9-18(10-8-16)33-19-5-2-4-17(12-19)31(14-21(32)22(25,26)27)13-15-3-1-6-20(11-15)34-23(28,29)30;2-1-3/h1-12,21,32H,13-14H2;1H2. The van der Waals surface area contributed by atoms with E-state index in [1.54, 1.807) is 0 Å². The highest BCUT2D eigenvalue weighted by Crippen LogP contribution is 2.30. The van der Waals surface area contributed by atoms with Crippen LogP contribution in [0, 0.1) is 5.82 Å². The summed E-state index contributed by atoms with van der Waals surface area (Å²) in [4.78, 5) is 1.14. The zero-order valence-corrected chi connectivity index (χ0v) is 18.7. The lowest BCUT2D eigenvalue weighted by molar-refractivity contribution is -0.274. The fraction of sp³-hybridized carbons (Fsp3) is 0.250. The molecule has 0 heterocycles. The highest BCUT2D eigenvalue weighted by atomic mass is 19.4. The highest BCUT2D eigenvalue weighted by Gasteiger charge is 2.39. The number of anilines is 1. The summed E-state index contributed by atoms with van der Waals surface area (Å²) in [6, 6.07) is 15.7. The lowest BCUT2D eigenvalue weighted by Crippen LogP contribution is -2.40. The maximum Gasteiger partial charge on any atom is 0.573 e. The number of nitrogens with zero attached hydrogens (tertiary/aromatic N) is 1. The molecule has 0 aliphatic heterocycles. The van der Waals surface area contributed by atoms with E-state index in [9.17, 15) is 44.6 Å². The van der Waals surface area contributed by atoms with E-state index in [0.717, 1.165) is 17.0 Å². The fourth-order valence-corrected chi connectivity index (χ4v) is 3.02. The molecule has 37 heavy (non-hydrogen) atoms. The van der Waals surface area contributed by atoms with Gasteiger partial charge in [0.2, 0.25) is 6.93 Å². The van der Waals surface area contributed by atoms with Crippen LogP contribution in [0.3, 0.4) is 0 Å². The van der Waals surface area contributed by atoms with Gasteiger partial charge < -0.3 is 19.5 Å². The smallest absolute Gasteiger partial charge is 0.457 e. The Morgan fingerprint density at radius 1 is 0.784 bits per heavy atom. The quantitative estimate of drug-likeness (QED) is 0.304. The summed E-state index contributed by atoms with van der Waals surface area (Å²) in [5, 5.41) is 9.63. The van der Waals surface area contributed by atoms with Gasteiger partial charge in [-0.2, -0.15) is 13.2 Å². The highest BCUT2D eigenvalue weighted by molar-refractivity contribution is 5.52. The number of hydrogen-bond donors (Lipinski definition) is 1. The van der Waals surface area contributed by atoms with Crippen molar-refractivity contribution in [2.75, 3.05) is 18.4 Å². The Kier molecular flexibility index (Phi) is 10.5. The van der Waals surface area contributed by atoms with Crippen LogP contribution in [0.5, 0.6) is 17.2 Å². The van der Waals surface area contributed by atoms with Gasteiger partial charge in [0, 0.05) is 18.3 Å². The molecular formula is C24H20F9NO3. The Morgan fingerprint density at radius 3 is 1.97 bits per heavy atom. The second-order valence-electron chi connectivity index (χ2n) is 7.29. The monoisotopic (exact) mass is 541 g/mol. The number of benzene rings is 3. The van der Waals surface area contributed by atoms with Gasteiger partial charge in [0.05, 0.1) is 6.54 Å². The summed E-state index contributed by atoms with van der Waals surface area (Å²) >= 11 is 0. The number of aliphatic hydroxyl groups is 1. The van der Waals surface area contributed by atoms with Crippen LogP contribution in [0.15, 0.2) is 72.8 Å². The summed E-state index contributed by atoms with van der Waals surface area (Å²) < 4.78 is 118. The van der Waals surface area contributed by atoms with E-state index in [4.69, 9.17) is 4.74 Å². The lowest BCUT2D eigenvalue weighted by Gasteiger charge is -2.29. The van der Waals surface area contributed by atoms with Crippen LogP contribution in [-0.4, -0.2) is 37.2 Å². The largest absolute Gasteiger partial charge is 0.573 e.